The monoisotopic (exact) mass is 524 g/mol. The van der Waals surface area contributed by atoms with E-state index in [0.29, 0.717) is 5.56 Å². The predicted molar refractivity (Wildman–Crippen MR) is 157 cm³/mol. The fourth-order valence-corrected chi connectivity index (χ4v) is 5.69. The SMILES string of the molecule is CCn1c2ccc(C(=O)c3ccccc3C)cc2c2cc([N+](C)=COC(=O)C(C)(C)N3CCCCC3)ccc21. The summed E-state index contributed by atoms with van der Waals surface area (Å²) in [7, 11) is 1.88. The number of carbonyl (C=O) groups excluding carboxylic acids is 2. The summed E-state index contributed by atoms with van der Waals surface area (Å²) in [6.07, 6.45) is 4.95. The van der Waals surface area contributed by atoms with Crippen LogP contribution in [0.15, 0.2) is 60.7 Å². The second-order valence-electron chi connectivity index (χ2n) is 11.1. The van der Waals surface area contributed by atoms with Gasteiger partial charge in [-0.3, -0.25) is 9.69 Å². The zero-order chi connectivity index (χ0) is 27.7. The van der Waals surface area contributed by atoms with Gasteiger partial charge in [-0.2, -0.15) is 4.58 Å². The van der Waals surface area contributed by atoms with Gasteiger partial charge in [-0.15, -0.1) is 0 Å². The Morgan fingerprint density at radius 1 is 0.949 bits per heavy atom. The highest BCUT2D eigenvalue weighted by molar-refractivity contribution is 6.15. The van der Waals surface area contributed by atoms with E-state index in [1.165, 1.54) is 12.8 Å². The minimum atomic E-state index is -0.670. The lowest BCUT2D eigenvalue weighted by Crippen LogP contribution is -2.52. The standard InChI is InChI=1S/C33H38N3O3/c1-6-36-29-16-14-24(31(37)26-13-9-8-12-23(26)2)20-27(29)28-21-25(15-17-30(28)36)34(5)22-39-32(38)33(3,4)35-18-10-7-11-19-35/h8-9,12-17,20-22H,6-7,10-11,18-19H2,1-5H3/q+1. The van der Waals surface area contributed by atoms with Crippen LogP contribution < -0.4 is 0 Å². The number of hydrogen-bond acceptors (Lipinski definition) is 4. The number of rotatable bonds is 7. The number of esters is 1. The molecule has 1 fully saturated rings. The number of nitrogens with zero attached hydrogens (tertiary/aromatic N) is 3. The first kappa shape index (κ1) is 26.8. The Labute approximate surface area is 230 Å². The molecule has 1 aliphatic rings. The average Bonchev–Trinajstić information content (AvgIpc) is 3.28. The van der Waals surface area contributed by atoms with E-state index in [9.17, 15) is 9.59 Å². The summed E-state index contributed by atoms with van der Waals surface area (Å²) in [4.78, 5) is 28.6. The molecule has 1 aromatic heterocycles. The van der Waals surface area contributed by atoms with Gasteiger partial charge >= 0.3 is 12.4 Å². The normalized spacial score (nSPS) is 15.2. The quantitative estimate of drug-likeness (QED) is 0.0915. The number of piperidine rings is 1. The Hall–Kier alpha value is -3.77. The number of likely N-dealkylation sites (tertiary alicyclic amines) is 1. The van der Waals surface area contributed by atoms with Gasteiger partial charge in [-0.25, -0.2) is 4.79 Å². The highest BCUT2D eigenvalue weighted by Crippen LogP contribution is 2.33. The van der Waals surface area contributed by atoms with Gasteiger partial charge in [-0.05, 0) is 83.5 Å². The largest absolute Gasteiger partial charge is 0.375 e. The molecule has 2 heterocycles. The van der Waals surface area contributed by atoms with Crippen LogP contribution in [0.5, 0.6) is 0 Å². The van der Waals surface area contributed by atoms with Crippen molar-refractivity contribution in [3.05, 3.63) is 77.4 Å². The van der Waals surface area contributed by atoms with Crippen LogP contribution in [0.25, 0.3) is 21.8 Å². The number of ketones is 1. The number of benzene rings is 3. The van der Waals surface area contributed by atoms with Crippen molar-refractivity contribution in [1.29, 1.82) is 0 Å². The van der Waals surface area contributed by atoms with E-state index in [4.69, 9.17) is 4.74 Å². The molecule has 0 N–H and O–H groups in total. The first-order valence-corrected chi connectivity index (χ1v) is 13.9. The maximum absolute atomic E-state index is 13.4. The molecule has 0 amide bonds. The maximum atomic E-state index is 13.4. The molecule has 1 saturated heterocycles. The molecular weight excluding hydrogens is 486 g/mol. The Balaban J connectivity index is 1.48. The van der Waals surface area contributed by atoms with Gasteiger partial charge in [0.25, 0.3) is 0 Å². The predicted octanol–water partition coefficient (Wildman–Crippen LogP) is 6.46. The third-order valence-corrected chi connectivity index (χ3v) is 8.19. The molecule has 0 radical (unpaired) electrons. The summed E-state index contributed by atoms with van der Waals surface area (Å²) in [5.41, 5.74) is 4.79. The maximum Gasteiger partial charge on any atom is 0.337 e. The summed E-state index contributed by atoms with van der Waals surface area (Å²) >= 11 is 0. The Bertz CT molecular complexity index is 1590. The molecule has 5 rings (SSSR count). The van der Waals surface area contributed by atoms with Gasteiger partial charge in [0.15, 0.2) is 5.78 Å². The molecule has 6 heteroatoms. The minimum Gasteiger partial charge on any atom is -0.375 e. The zero-order valence-corrected chi connectivity index (χ0v) is 23.7. The van der Waals surface area contributed by atoms with E-state index in [1.807, 2.05) is 80.9 Å². The second-order valence-corrected chi connectivity index (χ2v) is 11.1. The lowest BCUT2D eigenvalue weighted by Gasteiger charge is -2.38. The van der Waals surface area contributed by atoms with Crippen molar-refractivity contribution >= 4 is 45.6 Å². The molecule has 0 saturated carbocycles. The third kappa shape index (κ3) is 5.01. The summed E-state index contributed by atoms with van der Waals surface area (Å²) in [5.74, 6) is -0.225. The van der Waals surface area contributed by atoms with Crippen molar-refractivity contribution < 1.29 is 18.9 Å². The molecular formula is C33H38N3O3+. The van der Waals surface area contributed by atoms with Crippen molar-refractivity contribution in [2.75, 3.05) is 20.1 Å². The average molecular weight is 525 g/mol. The first-order chi connectivity index (χ1) is 18.7. The van der Waals surface area contributed by atoms with E-state index < -0.39 is 5.54 Å². The van der Waals surface area contributed by atoms with Crippen LogP contribution in [0.3, 0.4) is 0 Å². The van der Waals surface area contributed by atoms with Gasteiger partial charge in [-0.1, -0.05) is 30.7 Å². The smallest absolute Gasteiger partial charge is 0.337 e. The van der Waals surface area contributed by atoms with Crippen molar-refractivity contribution in [2.24, 2.45) is 0 Å². The van der Waals surface area contributed by atoms with Crippen LogP contribution in [0.1, 0.15) is 61.5 Å². The van der Waals surface area contributed by atoms with E-state index in [1.54, 1.807) is 0 Å². The molecule has 0 unspecified atom stereocenters. The Kier molecular flexibility index (Phi) is 7.41. The van der Waals surface area contributed by atoms with Crippen molar-refractivity contribution in [1.82, 2.24) is 9.47 Å². The van der Waals surface area contributed by atoms with Crippen LogP contribution >= 0.6 is 0 Å². The Morgan fingerprint density at radius 2 is 1.62 bits per heavy atom. The number of hydrogen-bond donors (Lipinski definition) is 0. The number of fused-ring (bicyclic) bond motifs is 3. The zero-order valence-electron chi connectivity index (χ0n) is 23.7. The van der Waals surface area contributed by atoms with E-state index in [0.717, 1.165) is 71.1 Å². The molecule has 0 bridgehead atoms. The van der Waals surface area contributed by atoms with Gasteiger partial charge in [0.05, 0.1) is 0 Å². The molecule has 0 aliphatic carbocycles. The number of carbonyl (C=O) groups is 2. The van der Waals surface area contributed by atoms with E-state index >= 15 is 0 Å². The van der Waals surface area contributed by atoms with Crippen LogP contribution in [-0.2, 0) is 16.1 Å². The summed E-state index contributed by atoms with van der Waals surface area (Å²) in [6, 6.07) is 19.9. The van der Waals surface area contributed by atoms with Gasteiger partial charge < -0.3 is 9.30 Å². The van der Waals surface area contributed by atoms with Crippen molar-refractivity contribution in [2.45, 2.75) is 59.0 Å². The summed E-state index contributed by atoms with van der Waals surface area (Å²) < 4.78 is 9.78. The highest BCUT2D eigenvalue weighted by Gasteiger charge is 2.37. The Morgan fingerprint density at radius 3 is 2.31 bits per heavy atom. The number of aromatic nitrogens is 1. The van der Waals surface area contributed by atoms with Crippen molar-refractivity contribution in [3.8, 4) is 0 Å². The minimum absolute atomic E-state index is 0.0252. The fourth-order valence-electron chi connectivity index (χ4n) is 5.69. The fraction of sp³-hybridized carbons (Fsp3) is 0.364. The molecule has 1 aliphatic heterocycles. The van der Waals surface area contributed by atoms with Gasteiger partial charge in [0.1, 0.15) is 12.6 Å². The molecule has 0 spiro atoms. The molecule has 3 aromatic carbocycles. The molecule has 0 atom stereocenters. The van der Waals surface area contributed by atoms with Crippen LogP contribution in [0.4, 0.5) is 5.69 Å². The second kappa shape index (κ2) is 10.8. The molecule has 39 heavy (non-hydrogen) atoms. The highest BCUT2D eigenvalue weighted by atomic mass is 16.5. The summed E-state index contributed by atoms with van der Waals surface area (Å²) in [6.45, 7) is 10.6. The van der Waals surface area contributed by atoms with Crippen LogP contribution in [0.2, 0.25) is 0 Å². The van der Waals surface area contributed by atoms with Gasteiger partial charge in [0, 0.05) is 51.6 Å². The van der Waals surface area contributed by atoms with Gasteiger partial charge in [0.2, 0.25) is 5.69 Å². The number of aryl methyl sites for hydroxylation is 2. The molecule has 4 aromatic rings. The third-order valence-electron chi connectivity index (χ3n) is 8.19. The van der Waals surface area contributed by atoms with Crippen LogP contribution in [-0.4, -0.2) is 57.9 Å². The molecule has 6 nitrogen and oxygen atoms in total. The first-order valence-electron chi connectivity index (χ1n) is 13.9. The van der Waals surface area contributed by atoms with Crippen LogP contribution in [0, 0.1) is 6.92 Å². The topological polar surface area (TPSA) is 54.5 Å². The lowest BCUT2D eigenvalue weighted by atomic mass is 9.98. The van der Waals surface area contributed by atoms with E-state index in [-0.39, 0.29) is 11.8 Å². The molecule has 202 valence electrons. The number of ether oxygens (including phenoxy) is 1. The lowest BCUT2D eigenvalue weighted by molar-refractivity contribution is -0.408. The summed E-state index contributed by atoms with van der Waals surface area (Å²) in [5, 5.41) is 2.09. The van der Waals surface area contributed by atoms with E-state index in [2.05, 4.69) is 28.5 Å². The van der Waals surface area contributed by atoms with Crippen molar-refractivity contribution in [3.63, 3.8) is 0 Å².